The van der Waals surface area contributed by atoms with E-state index in [1.165, 1.54) is 0 Å². The topological polar surface area (TPSA) is 53.0 Å². The van der Waals surface area contributed by atoms with Crippen LogP contribution in [-0.4, -0.2) is 43.2 Å². The highest BCUT2D eigenvalue weighted by Gasteiger charge is 2.30. The molecule has 1 unspecified atom stereocenters. The molecule has 0 bridgehead atoms. The largest absolute Gasteiger partial charge is 0.504 e. The van der Waals surface area contributed by atoms with E-state index in [1.807, 2.05) is 25.1 Å². The summed E-state index contributed by atoms with van der Waals surface area (Å²) in [5, 5.41) is 9.75. The third kappa shape index (κ3) is 3.87. The standard InChI is InChI=1S/C20H24N2O3/c1-21(2)16-8-5-7-15(13-16)17-9-6-12-22(17)20(24)14-25-19-11-4-3-10-18(19)23/h3-5,7-8,10-11,13,17,23H,6,9,12,14H2,1-2H3. The number of nitrogens with zero attached hydrogens (tertiary/aromatic N) is 2. The number of phenols is 1. The first-order chi connectivity index (χ1) is 12.1. The fourth-order valence-electron chi connectivity index (χ4n) is 3.22. The van der Waals surface area contributed by atoms with E-state index in [0.29, 0.717) is 5.75 Å². The SMILES string of the molecule is CN(C)c1cccc(C2CCCN2C(=O)COc2ccccc2O)c1. The Morgan fingerprint density at radius 1 is 1.24 bits per heavy atom. The number of benzene rings is 2. The number of anilines is 1. The number of phenolic OH excluding ortho intramolecular Hbond substituents is 1. The van der Waals surface area contributed by atoms with E-state index < -0.39 is 0 Å². The molecule has 1 fully saturated rings. The smallest absolute Gasteiger partial charge is 0.261 e. The molecule has 1 aliphatic rings. The van der Waals surface area contributed by atoms with Crippen molar-refractivity contribution in [2.75, 3.05) is 32.1 Å². The van der Waals surface area contributed by atoms with Gasteiger partial charge < -0.3 is 19.6 Å². The van der Waals surface area contributed by atoms with Crippen LogP contribution < -0.4 is 9.64 Å². The predicted octanol–water partition coefficient (Wildman–Crippen LogP) is 3.20. The molecule has 5 heteroatoms. The highest BCUT2D eigenvalue weighted by molar-refractivity contribution is 5.78. The summed E-state index contributed by atoms with van der Waals surface area (Å²) in [5.74, 6) is 0.328. The molecule has 1 amide bonds. The third-order valence-corrected chi connectivity index (χ3v) is 4.56. The van der Waals surface area contributed by atoms with Crippen molar-refractivity contribution in [3.63, 3.8) is 0 Å². The second kappa shape index (κ2) is 7.47. The van der Waals surface area contributed by atoms with Gasteiger partial charge in [-0.15, -0.1) is 0 Å². The minimum atomic E-state index is -0.0680. The zero-order chi connectivity index (χ0) is 17.8. The molecule has 1 atom stereocenters. The summed E-state index contributed by atoms with van der Waals surface area (Å²) in [4.78, 5) is 16.6. The third-order valence-electron chi connectivity index (χ3n) is 4.56. The first kappa shape index (κ1) is 17.1. The molecule has 25 heavy (non-hydrogen) atoms. The molecule has 0 spiro atoms. The number of amides is 1. The van der Waals surface area contributed by atoms with Gasteiger partial charge in [-0.3, -0.25) is 4.79 Å². The molecule has 1 saturated heterocycles. The lowest BCUT2D eigenvalue weighted by Gasteiger charge is -2.26. The van der Waals surface area contributed by atoms with Crippen molar-refractivity contribution in [3.8, 4) is 11.5 Å². The van der Waals surface area contributed by atoms with E-state index in [2.05, 4.69) is 23.1 Å². The number of carbonyl (C=O) groups excluding carboxylic acids is 1. The molecule has 2 aromatic carbocycles. The normalized spacial score (nSPS) is 16.7. The van der Waals surface area contributed by atoms with Gasteiger partial charge in [-0.25, -0.2) is 0 Å². The summed E-state index contributed by atoms with van der Waals surface area (Å²) in [6.45, 7) is 0.668. The molecule has 3 rings (SSSR count). The number of likely N-dealkylation sites (tertiary alicyclic amines) is 1. The number of hydrogen-bond donors (Lipinski definition) is 1. The lowest BCUT2D eigenvalue weighted by atomic mass is 10.0. The maximum absolute atomic E-state index is 12.6. The Morgan fingerprint density at radius 3 is 2.80 bits per heavy atom. The van der Waals surface area contributed by atoms with Crippen molar-refractivity contribution in [3.05, 3.63) is 54.1 Å². The van der Waals surface area contributed by atoms with E-state index >= 15 is 0 Å². The van der Waals surface area contributed by atoms with Gasteiger partial charge in [0.15, 0.2) is 18.1 Å². The summed E-state index contributed by atoms with van der Waals surface area (Å²) >= 11 is 0. The minimum absolute atomic E-state index is 0.0481. The Balaban J connectivity index is 1.70. The maximum Gasteiger partial charge on any atom is 0.261 e. The Labute approximate surface area is 148 Å². The molecule has 1 N–H and O–H groups in total. The van der Waals surface area contributed by atoms with Gasteiger partial charge in [0, 0.05) is 26.3 Å². The van der Waals surface area contributed by atoms with E-state index in [0.717, 1.165) is 30.6 Å². The van der Waals surface area contributed by atoms with Crippen LogP contribution in [0.25, 0.3) is 0 Å². The van der Waals surface area contributed by atoms with E-state index in [1.54, 1.807) is 24.3 Å². The molecule has 132 valence electrons. The second-order valence-corrected chi connectivity index (χ2v) is 6.49. The quantitative estimate of drug-likeness (QED) is 0.908. The molecule has 0 radical (unpaired) electrons. The monoisotopic (exact) mass is 340 g/mol. The highest BCUT2D eigenvalue weighted by atomic mass is 16.5. The number of ether oxygens (including phenoxy) is 1. The van der Waals surface area contributed by atoms with Gasteiger partial charge in [0.1, 0.15) is 0 Å². The number of aromatic hydroxyl groups is 1. The van der Waals surface area contributed by atoms with Crippen LogP contribution in [-0.2, 0) is 4.79 Å². The van der Waals surface area contributed by atoms with Gasteiger partial charge in [-0.05, 0) is 42.7 Å². The van der Waals surface area contributed by atoms with E-state index in [-0.39, 0.29) is 24.3 Å². The lowest BCUT2D eigenvalue weighted by molar-refractivity contribution is -0.134. The Bertz CT molecular complexity index is 745. The van der Waals surface area contributed by atoms with Crippen molar-refractivity contribution in [1.82, 2.24) is 4.90 Å². The molecule has 1 aliphatic heterocycles. The number of rotatable bonds is 5. The van der Waals surface area contributed by atoms with Crippen LogP contribution in [0.2, 0.25) is 0 Å². The molecular formula is C20H24N2O3. The van der Waals surface area contributed by atoms with Crippen LogP contribution in [0.4, 0.5) is 5.69 Å². The van der Waals surface area contributed by atoms with Gasteiger partial charge >= 0.3 is 0 Å². The van der Waals surface area contributed by atoms with Crippen LogP contribution in [0.3, 0.4) is 0 Å². The summed E-state index contributed by atoms with van der Waals surface area (Å²) in [7, 11) is 4.02. The Kier molecular flexibility index (Phi) is 5.12. The zero-order valence-electron chi connectivity index (χ0n) is 14.7. The molecule has 0 aromatic heterocycles. The van der Waals surface area contributed by atoms with Crippen LogP contribution in [0.5, 0.6) is 11.5 Å². The fourth-order valence-corrected chi connectivity index (χ4v) is 3.22. The van der Waals surface area contributed by atoms with E-state index in [9.17, 15) is 9.90 Å². The van der Waals surface area contributed by atoms with Crippen LogP contribution >= 0.6 is 0 Å². The summed E-state index contributed by atoms with van der Waals surface area (Å²) < 4.78 is 5.51. The van der Waals surface area contributed by atoms with Crippen LogP contribution in [0, 0.1) is 0 Å². The van der Waals surface area contributed by atoms with Crippen LogP contribution in [0.1, 0.15) is 24.4 Å². The van der Waals surface area contributed by atoms with Gasteiger partial charge in [-0.2, -0.15) is 0 Å². The summed E-state index contributed by atoms with van der Waals surface area (Å²) in [6.07, 6.45) is 1.94. The number of carbonyl (C=O) groups is 1. The Hall–Kier alpha value is -2.69. The average molecular weight is 340 g/mol. The maximum atomic E-state index is 12.6. The highest BCUT2D eigenvalue weighted by Crippen LogP contribution is 2.33. The molecule has 5 nitrogen and oxygen atoms in total. The average Bonchev–Trinajstić information content (AvgIpc) is 3.11. The first-order valence-electron chi connectivity index (χ1n) is 8.54. The van der Waals surface area contributed by atoms with Crippen molar-refractivity contribution in [2.45, 2.75) is 18.9 Å². The molecule has 0 saturated carbocycles. The number of para-hydroxylation sites is 2. The van der Waals surface area contributed by atoms with E-state index in [4.69, 9.17) is 4.74 Å². The first-order valence-corrected chi connectivity index (χ1v) is 8.54. The fraction of sp³-hybridized carbons (Fsp3) is 0.350. The predicted molar refractivity (Wildman–Crippen MR) is 98.1 cm³/mol. The second-order valence-electron chi connectivity index (χ2n) is 6.49. The molecule has 2 aromatic rings. The van der Waals surface area contributed by atoms with Gasteiger partial charge in [0.2, 0.25) is 0 Å². The van der Waals surface area contributed by atoms with Crippen molar-refractivity contribution in [2.24, 2.45) is 0 Å². The summed E-state index contributed by atoms with van der Waals surface area (Å²) in [6, 6.07) is 15.1. The lowest BCUT2D eigenvalue weighted by Crippen LogP contribution is -2.34. The zero-order valence-corrected chi connectivity index (χ0v) is 14.7. The van der Waals surface area contributed by atoms with Crippen molar-refractivity contribution in [1.29, 1.82) is 0 Å². The van der Waals surface area contributed by atoms with Gasteiger partial charge in [0.25, 0.3) is 5.91 Å². The van der Waals surface area contributed by atoms with Crippen molar-refractivity contribution < 1.29 is 14.6 Å². The van der Waals surface area contributed by atoms with Gasteiger partial charge in [0.05, 0.1) is 6.04 Å². The van der Waals surface area contributed by atoms with Crippen LogP contribution in [0.15, 0.2) is 48.5 Å². The van der Waals surface area contributed by atoms with Gasteiger partial charge in [-0.1, -0.05) is 24.3 Å². The molecule has 1 heterocycles. The molecular weight excluding hydrogens is 316 g/mol. The molecule has 0 aliphatic carbocycles. The minimum Gasteiger partial charge on any atom is -0.504 e. The summed E-state index contributed by atoms with van der Waals surface area (Å²) in [5.41, 5.74) is 2.28. The van der Waals surface area contributed by atoms with Crippen molar-refractivity contribution >= 4 is 11.6 Å². The number of hydrogen-bond acceptors (Lipinski definition) is 4. The Morgan fingerprint density at radius 2 is 2.04 bits per heavy atom.